The number of hydrogen-bond donors (Lipinski definition) is 0. The summed E-state index contributed by atoms with van der Waals surface area (Å²) in [5.41, 5.74) is 2.71. The normalized spacial score (nSPS) is 17.8. The predicted molar refractivity (Wildman–Crippen MR) is 104 cm³/mol. The molecule has 0 saturated carbocycles. The number of sulfonamides is 1. The number of nitrogens with zero attached hydrogens (tertiary/aromatic N) is 1. The molecule has 1 saturated heterocycles. The molecule has 2 aromatic rings. The Morgan fingerprint density at radius 2 is 1.81 bits per heavy atom. The van der Waals surface area contributed by atoms with Crippen molar-refractivity contribution in [3.63, 3.8) is 0 Å². The Kier molecular flexibility index (Phi) is 5.31. The molecule has 27 heavy (non-hydrogen) atoms. The quantitative estimate of drug-likeness (QED) is 0.738. The van der Waals surface area contributed by atoms with Gasteiger partial charge in [-0.15, -0.1) is 0 Å². The third-order valence-electron chi connectivity index (χ3n) is 5.01. The van der Waals surface area contributed by atoms with E-state index in [2.05, 4.69) is 0 Å². The molecule has 142 valence electrons. The monoisotopic (exact) mass is 385 g/mol. The van der Waals surface area contributed by atoms with Crippen molar-refractivity contribution < 1.29 is 18.0 Å². The average molecular weight is 385 g/mol. The second-order valence-electron chi connectivity index (χ2n) is 7.04. The number of hydrogen-bond acceptors (Lipinski definition) is 4. The van der Waals surface area contributed by atoms with Gasteiger partial charge in [-0.1, -0.05) is 29.8 Å². The second-order valence-corrected chi connectivity index (χ2v) is 8.93. The van der Waals surface area contributed by atoms with Gasteiger partial charge in [0.2, 0.25) is 10.0 Å². The van der Waals surface area contributed by atoms with E-state index >= 15 is 0 Å². The second kappa shape index (κ2) is 7.37. The molecule has 6 heteroatoms. The smallest absolute Gasteiger partial charge is 0.243 e. The summed E-state index contributed by atoms with van der Waals surface area (Å²) in [5, 5.41) is 0. The lowest BCUT2D eigenvalue weighted by Gasteiger charge is -2.24. The van der Waals surface area contributed by atoms with Gasteiger partial charge in [-0.3, -0.25) is 9.59 Å². The lowest BCUT2D eigenvalue weighted by atomic mass is 9.97. The lowest BCUT2D eigenvalue weighted by Crippen LogP contribution is -2.40. The van der Waals surface area contributed by atoms with E-state index in [0.717, 1.165) is 11.1 Å². The van der Waals surface area contributed by atoms with Gasteiger partial charge in [0.1, 0.15) is 0 Å². The maximum atomic E-state index is 13.2. The Morgan fingerprint density at radius 1 is 1.07 bits per heavy atom. The molecule has 0 spiro atoms. The van der Waals surface area contributed by atoms with Crippen LogP contribution in [0.2, 0.25) is 0 Å². The summed E-state index contributed by atoms with van der Waals surface area (Å²) in [6.45, 7) is 5.46. The van der Waals surface area contributed by atoms with E-state index in [1.165, 1.54) is 23.4 Å². The number of aryl methyl sites for hydroxylation is 2. The Labute approximate surface area is 160 Å². The molecule has 1 heterocycles. The number of benzene rings is 2. The first kappa shape index (κ1) is 19.5. The van der Waals surface area contributed by atoms with Crippen LogP contribution in [-0.4, -0.2) is 36.9 Å². The molecule has 1 aliphatic rings. The van der Waals surface area contributed by atoms with Crippen LogP contribution in [0.3, 0.4) is 0 Å². The molecule has 0 aromatic heterocycles. The van der Waals surface area contributed by atoms with Gasteiger partial charge in [-0.25, -0.2) is 8.42 Å². The van der Waals surface area contributed by atoms with Crippen LogP contribution in [-0.2, 0) is 10.0 Å². The topological polar surface area (TPSA) is 71.5 Å². The maximum absolute atomic E-state index is 13.2. The first-order valence-electron chi connectivity index (χ1n) is 8.96. The Morgan fingerprint density at radius 3 is 2.52 bits per heavy atom. The molecular weight excluding hydrogens is 362 g/mol. The summed E-state index contributed by atoms with van der Waals surface area (Å²) >= 11 is 0. The third kappa shape index (κ3) is 3.73. The van der Waals surface area contributed by atoms with Gasteiger partial charge >= 0.3 is 0 Å². The van der Waals surface area contributed by atoms with Gasteiger partial charge in [0.25, 0.3) is 0 Å². The highest BCUT2D eigenvalue weighted by atomic mass is 32.2. The zero-order valence-corrected chi connectivity index (χ0v) is 16.5. The highest BCUT2D eigenvalue weighted by Crippen LogP contribution is 2.29. The fraction of sp³-hybridized carbons (Fsp3) is 0.333. The first-order valence-corrected chi connectivity index (χ1v) is 10.4. The predicted octanol–water partition coefficient (Wildman–Crippen LogP) is 3.54. The molecule has 0 N–H and O–H groups in total. The molecule has 0 aliphatic carbocycles. The molecule has 1 atom stereocenters. The molecule has 1 aliphatic heterocycles. The van der Waals surface area contributed by atoms with E-state index in [9.17, 15) is 18.0 Å². The zero-order valence-electron chi connectivity index (χ0n) is 15.7. The van der Waals surface area contributed by atoms with Crippen molar-refractivity contribution in [3.05, 3.63) is 64.7 Å². The number of ketones is 2. The van der Waals surface area contributed by atoms with E-state index < -0.39 is 16.1 Å². The molecule has 1 fully saturated rings. The van der Waals surface area contributed by atoms with E-state index in [4.69, 9.17) is 0 Å². The Balaban J connectivity index is 1.98. The van der Waals surface area contributed by atoms with Crippen LogP contribution in [0.15, 0.2) is 47.4 Å². The van der Waals surface area contributed by atoms with Crippen LogP contribution in [0, 0.1) is 13.8 Å². The molecule has 0 radical (unpaired) electrons. The van der Waals surface area contributed by atoms with Gasteiger partial charge < -0.3 is 0 Å². The summed E-state index contributed by atoms with van der Waals surface area (Å²) in [5.74, 6) is -0.364. The zero-order chi connectivity index (χ0) is 19.8. The summed E-state index contributed by atoms with van der Waals surface area (Å²) in [6.07, 6.45) is 1.13. The molecule has 2 aromatic carbocycles. The highest BCUT2D eigenvalue weighted by Gasteiger charge is 2.40. The largest absolute Gasteiger partial charge is 0.295 e. The molecule has 3 rings (SSSR count). The van der Waals surface area contributed by atoms with E-state index in [0.29, 0.717) is 30.5 Å². The molecule has 1 unspecified atom stereocenters. The van der Waals surface area contributed by atoms with Crippen LogP contribution < -0.4 is 0 Å². The van der Waals surface area contributed by atoms with Crippen LogP contribution in [0.25, 0.3) is 0 Å². The summed E-state index contributed by atoms with van der Waals surface area (Å²) in [7, 11) is -3.86. The van der Waals surface area contributed by atoms with Crippen LogP contribution in [0.5, 0.6) is 0 Å². The minimum atomic E-state index is -3.86. The minimum Gasteiger partial charge on any atom is -0.295 e. The van der Waals surface area contributed by atoms with E-state index in [-0.39, 0.29) is 16.5 Å². The Bertz CT molecular complexity index is 1010. The van der Waals surface area contributed by atoms with E-state index in [1.807, 2.05) is 32.0 Å². The van der Waals surface area contributed by atoms with Gasteiger partial charge in [0, 0.05) is 17.7 Å². The fourth-order valence-corrected chi connectivity index (χ4v) is 5.18. The highest BCUT2D eigenvalue weighted by molar-refractivity contribution is 7.89. The van der Waals surface area contributed by atoms with Crippen LogP contribution in [0.4, 0.5) is 0 Å². The molecule has 0 bridgehead atoms. The minimum absolute atomic E-state index is 0.0517. The van der Waals surface area contributed by atoms with Crippen molar-refractivity contribution in [2.75, 3.05) is 6.54 Å². The maximum Gasteiger partial charge on any atom is 0.243 e. The van der Waals surface area contributed by atoms with Crippen molar-refractivity contribution in [1.82, 2.24) is 4.31 Å². The van der Waals surface area contributed by atoms with Crippen molar-refractivity contribution in [2.45, 2.75) is 44.6 Å². The number of carbonyl (C=O) groups excluding carboxylic acids is 2. The summed E-state index contributed by atoms with van der Waals surface area (Å²) in [4.78, 5) is 24.8. The van der Waals surface area contributed by atoms with Crippen LogP contribution >= 0.6 is 0 Å². The molecule has 0 amide bonds. The Hall–Kier alpha value is -2.31. The van der Waals surface area contributed by atoms with Crippen LogP contribution in [0.1, 0.15) is 51.6 Å². The summed E-state index contributed by atoms with van der Waals surface area (Å²) < 4.78 is 27.6. The molecular formula is C21H23NO4S. The SMILES string of the molecule is CC(=O)c1cccc(S(=O)(=O)N2CCCC2C(=O)c2cc(C)ccc2C)c1. The van der Waals surface area contributed by atoms with Crippen molar-refractivity contribution in [3.8, 4) is 0 Å². The number of carbonyl (C=O) groups is 2. The van der Waals surface area contributed by atoms with Gasteiger partial charge in [-0.2, -0.15) is 4.31 Å². The van der Waals surface area contributed by atoms with Gasteiger partial charge in [0.15, 0.2) is 11.6 Å². The summed E-state index contributed by atoms with van der Waals surface area (Å²) in [6, 6.07) is 10.9. The van der Waals surface area contributed by atoms with Crippen molar-refractivity contribution in [1.29, 1.82) is 0 Å². The standard InChI is InChI=1S/C21H23NO4S/c1-14-9-10-15(2)19(12-14)21(24)20-8-5-11-22(20)27(25,26)18-7-4-6-17(13-18)16(3)23/h4,6-7,9-10,12-13,20H,5,8,11H2,1-3H3. The number of rotatable bonds is 5. The number of Topliss-reactive ketones (excluding diaryl/α,β-unsaturated/α-hetero) is 2. The van der Waals surface area contributed by atoms with Gasteiger partial charge in [-0.05, 0) is 57.4 Å². The average Bonchev–Trinajstić information content (AvgIpc) is 3.14. The fourth-order valence-electron chi connectivity index (χ4n) is 3.48. The van der Waals surface area contributed by atoms with Crippen molar-refractivity contribution in [2.24, 2.45) is 0 Å². The van der Waals surface area contributed by atoms with Crippen molar-refractivity contribution >= 4 is 21.6 Å². The van der Waals surface area contributed by atoms with Gasteiger partial charge in [0.05, 0.1) is 10.9 Å². The third-order valence-corrected chi connectivity index (χ3v) is 6.92. The first-order chi connectivity index (χ1) is 12.7. The van der Waals surface area contributed by atoms with E-state index in [1.54, 1.807) is 12.1 Å². The molecule has 5 nitrogen and oxygen atoms in total. The lowest BCUT2D eigenvalue weighted by molar-refractivity contribution is 0.0916.